The van der Waals surface area contributed by atoms with Crippen molar-refractivity contribution in [1.82, 2.24) is 0 Å². The van der Waals surface area contributed by atoms with Crippen LogP contribution in [-0.2, 0) is 21.7 Å². The van der Waals surface area contributed by atoms with E-state index in [-0.39, 0.29) is 21.7 Å². The van der Waals surface area contributed by atoms with Crippen LogP contribution in [0.5, 0.6) is 0 Å². The molecule has 15 rings (SSSR count). The van der Waals surface area contributed by atoms with E-state index in [9.17, 15) is 0 Å². The third-order valence-electron chi connectivity index (χ3n) is 20.7. The van der Waals surface area contributed by atoms with Gasteiger partial charge < -0.3 is 9.80 Å². The van der Waals surface area contributed by atoms with Gasteiger partial charge in [0.15, 0.2) is 0 Å². The third kappa shape index (κ3) is 8.97. The maximum atomic E-state index is 2.57. The van der Waals surface area contributed by atoms with Gasteiger partial charge in [-0.05, 0) is 193 Å². The van der Waals surface area contributed by atoms with Crippen LogP contribution in [-0.4, -0.2) is 0 Å². The summed E-state index contributed by atoms with van der Waals surface area (Å²) >= 11 is 0. The summed E-state index contributed by atoms with van der Waals surface area (Å²) in [6, 6.07) is 78.7. The van der Waals surface area contributed by atoms with Crippen molar-refractivity contribution in [2.45, 2.75) is 114 Å². The molecular formula is C84H76N2. The molecule has 422 valence electrons. The summed E-state index contributed by atoms with van der Waals surface area (Å²) in [6.45, 7) is 17.1. The van der Waals surface area contributed by atoms with E-state index >= 15 is 0 Å². The highest BCUT2D eigenvalue weighted by Gasteiger charge is 2.47. The number of anilines is 5. The summed E-state index contributed by atoms with van der Waals surface area (Å²) in [7, 11) is 0. The summed E-state index contributed by atoms with van der Waals surface area (Å²) in [6.07, 6.45) is 26.0. The zero-order chi connectivity index (χ0) is 58.5. The Bertz CT molecular complexity index is 4340. The van der Waals surface area contributed by atoms with Crippen LogP contribution in [0.3, 0.4) is 0 Å². The average molecular weight is 1110 g/mol. The van der Waals surface area contributed by atoms with E-state index < -0.39 is 0 Å². The van der Waals surface area contributed by atoms with Gasteiger partial charge in [0.1, 0.15) is 0 Å². The Kier molecular flexibility index (Phi) is 12.9. The molecule has 0 saturated carbocycles. The summed E-state index contributed by atoms with van der Waals surface area (Å²) in [5.41, 5.74) is 29.9. The molecule has 3 atom stereocenters. The Morgan fingerprint density at radius 1 is 0.384 bits per heavy atom. The molecule has 0 saturated heterocycles. The molecule has 0 radical (unpaired) electrons. The van der Waals surface area contributed by atoms with E-state index in [0.29, 0.717) is 11.8 Å². The maximum absolute atomic E-state index is 2.57. The molecule has 0 aliphatic heterocycles. The van der Waals surface area contributed by atoms with Crippen LogP contribution in [0.4, 0.5) is 28.4 Å². The number of nitrogens with zero attached hydrogens (tertiary/aromatic N) is 2. The van der Waals surface area contributed by atoms with Gasteiger partial charge in [-0.1, -0.05) is 248 Å². The molecule has 0 bridgehead atoms. The van der Waals surface area contributed by atoms with E-state index in [4.69, 9.17) is 0 Å². The van der Waals surface area contributed by atoms with Crippen molar-refractivity contribution < 1.29 is 0 Å². The van der Waals surface area contributed by atoms with Gasteiger partial charge in [-0.3, -0.25) is 0 Å². The lowest BCUT2D eigenvalue weighted by molar-refractivity contribution is 0.410. The lowest BCUT2D eigenvalue weighted by atomic mass is 9.71. The molecule has 2 nitrogen and oxygen atoms in total. The van der Waals surface area contributed by atoms with Crippen LogP contribution in [0.15, 0.2) is 272 Å². The number of benzene rings is 9. The molecule has 0 heterocycles. The molecule has 9 aromatic rings. The summed E-state index contributed by atoms with van der Waals surface area (Å²) in [5, 5.41) is 0. The predicted molar refractivity (Wildman–Crippen MR) is 364 cm³/mol. The Hall–Kier alpha value is -8.98. The largest absolute Gasteiger partial charge is 0.314 e. The van der Waals surface area contributed by atoms with Gasteiger partial charge in [0.25, 0.3) is 0 Å². The fourth-order valence-electron chi connectivity index (χ4n) is 16.1. The highest BCUT2D eigenvalue weighted by atomic mass is 15.2. The van der Waals surface area contributed by atoms with Gasteiger partial charge in [0.2, 0.25) is 0 Å². The molecule has 0 amide bonds. The zero-order valence-corrected chi connectivity index (χ0v) is 50.9. The molecule has 0 aromatic heterocycles. The monoisotopic (exact) mass is 1110 g/mol. The van der Waals surface area contributed by atoms with Crippen molar-refractivity contribution in [2.24, 2.45) is 0 Å². The lowest BCUT2D eigenvalue weighted by Gasteiger charge is -2.36. The van der Waals surface area contributed by atoms with E-state index in [0.717, 1.165) is 32.1 Å². The van der Waals surface area contributed by atoms with Gasteiger partial charge in [-0.25, -0.2) is 0 Å². The minimum Gasteiger partial charge on any atom is -0.314 e. The van der Waals surface area contributed by atoms with Crippen molar-refractivity contribution in [2.75, 3.05) is 9.80 Å². The van der Waals surface area contributed by atoms with E-state index in [1.165, 1.54) is 129 Å². The normalized spacial score (nSPS) is 20.4. The van der Waals surface area contributed by atoms with Crippen LogP contribution in [0.1, 0.15) is 142 Å². The molecule has 3 unspecified atom stereocenters. The maximum Gasteiger partial charge on any atom is 0.0465 e. The van der Waals surface area contributed by atoms with E-state index in [2.05, 4.69) is 319 Å². The van der Waals surface area contributed by atoms with Gasteiger partial charge in [0, 0.05) is 62.2 Å². The second-order valence-corrected chi connectivity index (χ2v) is 27.1. The van der Waals surface area contributed by atoms with E-state index in [1.807, 2.05) is 0 Å². The number of allylic oxidation sites excluding steroid dienone is 12. The lowest BCUT2D eigenvalue weighted by Crippen LogP contribution is -2.27. The van der Waals surface area contributed by atoms with Crippen LogP contribution in [0.25, 0.3) is 39.0 Å². The first kappa shape index (κ1) is 53.7. The molecular weight excluding hydrogens is 1040 g/mol. The Morgan fingerprint density at radius 3 is 1.48 bits per heavy atom. The molecule has 2 heteroatoms. The second kappa shape index (κ2) is 20.6. The van der Waals surface area contributed by atoms with Crippen molar-refractivity contribution >= 4 is 34.0 Å². The second-order valence-electron chi connectivity index (χ2n) is 27.1. The SMILES string of the molecule is CC1(C)CC(C)(C2=CC=C(N(c3ccc(-c4ccc(C5C=CC=CC5)cc4)cc3)c3ccc4c(c3)C(C)(C)c3ccccc3-4)CC2)c2cc(N(c3ccc(C4C=CC(c5ccccc5)=CC4)cc3)c3ccc4c(c3)C(C)(C)c3ccccc3-4)ccc21. The molecule has 9 aromatic carbocycles. The molecule has 6 aliphatic carbocycles. The predicted octanol–water partition coefficient (Wildman–Crippen LogP) is 22.5. The van der Waals surface area contributed by atoms with Gasteiger partial charge in [-0.15, -0.1) is 0 Å². The first-order valence-electron chi connectivity index (χ1n) is 31.4. The summed E-state index contributed by atoms with van der Waals surface area (Å²) in [5.74, 6) is 0.765. The first-order chi connectivity index (χ1) is 41.7. The minimum absolute atomic E-state index is 0.0151. The number of hydrogen-bond acceptors (Lipinski definition) is 2. The van der Waals surface area contributed by atoms with Crippen LogP contribution in [0.2, 0.25) is 0 Å². The molecule has 6 aliphatic rings. The molecule has 86 heavy (non-hydrogen) atoms. The van der Waals surface area contributed by atoms with Gasteiger partial charge >= 0.3 is 0 Å². The van der Waals surface area contributed by atoms with E-state index in [1.54, 1.807) is 0 Å². The fraction of sp³-hybridized carbons (Fsp3) is 0.214. The Morgan fingerprint density at radius 2 is 0.895 bits per heavy atom. The topological polar surface area (TPSA) is 6.48 Å². The minimum atomic E-state index is -0.178. The number of fused-ring (bicyclic) bond motifs is 7. The standard InChI is InChI=1S/C84H76N2/c1-81(2)55-84(7,64-38-44-67(45-39-64)85(68-46-49-73-71-22-14-16-24-75(71)82(3,4)78(73)52-68)65-40-34-62(35-41-65)60-30-26-58(27-31-60)56-18-10-8-11-19-56)80-54-70(48-51-77(80)81)86(69-47-50-74-72-23-15-17-25-76(72)83(5,6)79(74)53-69)66-42-36-63(37-43-66)61-32-28-59(29-33-61)57-20-12-9-13-21-57/h8-18,20-32,34-38,40-44,46-54,56,61H,19,33,39,45,55H2,1-7H3. The molecule has 0 spiro atoms. The van der Waals surface area contributed by atoms with Crippen LogP contribution < -0.4 is 9.80 Å². The first-order valence-corrected chi connectivity index (χ1v) is 31.4. The molecule has 0 N–H and O–H groups in total. The van der Waals surface area contributed by atoms with Crippen molar-refractivity contribution in [3.8, 4) is 33.4 Å². The van der Waals surface area contributed by atoms with Gasteiger partial charge in [-0.2, -0.15) is 0 Å². The highest BCUT2D eigenvalue weighted by Crippen LogP contribution is 2.58. The van der Waals surface area contributed by atoms with Crippen LogP contribution >= 0.6 is 0 Å². The number of hydrogen-bond donors (Lipinski definition) is 0. The van der Waals surface area contributed by atoms with Crippen molar-refractivity contribution in [1.29, 1.82) is 0 Å². The highest BCUT2D eigenvalue weighted by molar-refractivity contribution is 5.87. The summed E-state index contributed by atoms with van der Waals surface area (Å²) < 4.78 is 0. The smallest absolute Gasteiger partial charge is 0.0465 e. The third-order valence-corrected chi connectivity index (χ3v) is 20.7. The fourth-order valence-corrected chi connectivity index (χ4v) is 16.1. The van der Waals surface area contributed by atoms with Crippen molar-refractivity contribution in [3.63, 3.8) is 0 Å². The molecule has 0 fully saturated rings. The Labute approximate surface area is 510 Å². The zero-order valence-electron chi connectivity index (χ0n) is 50.9. The van der Waals surface area contributed by atoms with Crippen LogP contribution in [0, 0.1) is 0 Å². The number of rotatable bonds is 11. The summed E-state index contributed by atoms with van der Waals surface area (Å²) in [4.78, 5) is 5.09. The Balaban J connectivity index is 0.793. The van der Waals surface area contributed by atoms with Crippen molar-refractivity contribution in [3.05, 3.63) is 322 Å². The quantitative estimate of drug-likeness (QED) is 0.127. The average Bonchev–Trinajstić information content (AvgIpc) is 1.68. The van der Waals surface area contributed by atoms with Gasteiger partial charge in [0.05, 0.1) is 0 Å².